The molecule has 100 valence electrons. The van der Waals surface area contributed by atoms with Gasteiger partial charge in [-0.05, 0) is 18.8 Å². The van der Waals surface area contributed by atoms with Crippen molar-refractivity contribution < 1.29 is 9.59 Å². The molecule has 17 heavy (non-hydrogen) atoms. The minimum Gasteiger partial charge on any atom is -0.291 e. The Kier molecular flexibility index (Phi) is 7.33. The Labute approximate surface area is 106 Å². The number of ketones is 2. The molecular formula is C15H28O2. The predicted molar refractivity (Wildman–Crippen MR) is 72.0 cm³/mol. The molecule has 0 aromatic carbocycles. The van der Waals surface area contributed by atoms with E-state index in [4.69, 9.17) is 0 Å². The second-order valence-electron chi connectivity index (χ2n) is 5.49. The third-order valence-electron chi connectivity index (χ3n) is 4.04. The molecule has 0 N–H and O–H groups in total. The SMILES string of the molecule is CCCCCCC(=O)C(=O)C(C)(CC)C(C)C. The predicted octanol–water partition coefficient (Wildman–Crippen LogP) is 4.17. The zero-order valence-corrected chi connectivity index (χ0v) is 12.1. The highest BCUT2D eigenvalue weighted by atomic mass is 16.2. The minimum atomic E-state index is -0.470. The van der Waals surface area contributed by atoms with Crippen molar-refractivity contribution in [1.29, 1.82) is 0 Å². The molecule has 0 spiro atoms. The van der Waals surface area contributed by atoms with Crippen LogP contribution in [0.1, 0.15) is 73.1 Å². The van der Waals surface area contributed by atoms with Crippen LogP contribution in [0.2, 0.25) is 0 Å². The van der Waals surface area contributed by atoms with Gasteiger partial charge in [-0.25, -0.2) is 0 Å². The number of hydrogen-bond acceptors (Lipinski definition) is 2. The van der Waals surface area contributed by atoms with Crippen LogP contribution in [0.15, 0.2) is 0 Å². The van der Waals surface area contributed by atoms with E-state index in [-0.39, 0.29) is 17.5 Å². The number of hydrogen-bond donors (Lipinski definition) is 0. The first-order valence-corrected chi connectivity index (χ1v) is 6.97. The summed E-state index contributed by atoms with van der Waals surface area (Å²) in [5.41, 5.74) is -0.470. The molecule has 0 aliphatic carbocycles. The number of carbonyl (C=O) groups is 2. The van der Waals surface area contributed by atoms with Crippen LogP contribution >= 0.6 is 0 Å². The van der Waals surface area contributed by atoms with Crippen molar-refractivity contribution in [2.24, 2.45) is 11.3 Å². The van der Waals surface area contributed by atoms with Crippen molar-refractivity contribution in [2.75, 3.05) is 0 Å². The number of unbranched alkanes of at least 4 members (excludes halogenated alkanes) is 3. The Hall–Kier alpha value is -0.660. The van der Waals surface area contributed by atoms with Crippen LogP contribution in [0.4, 0.5) is 0 Å². The first-order valence-electron chi connectivity index (χ1n) is 6.97. The van der Waals surface area contributed by atoms with Gasteiger partial charge in [0.1, 0.15) is 0 Å². The third-order valence-corrected chi connectivity index (χ3v) is 4.04. The van der Waals surface area contributed by atoms with Crippen molar-refractivity contribution in [2.45, 2.75) is 73.1 Å². The zero-order valence-electron chi connectivity index (χ0n) is 12.1. The topological polar surface area (TPSA) is 34.1 Å². The van der Waals surface area contributed by atoms with E-state index in [2.05, 4.69) is 6.92 Å². The molecule has 0 saturated heterocycles. The van der Waals surface area contributed by atoms with Gasteiger partial charge in [0.2, 0.25) is 5.78 Å². The molecule has 0 fully saturated rings. The highest BCUT2D eigenvalue weighted by Crippen LogP contribution is 2.32. The van der Waals surface area contributed by atoms with E-state index in [9.17, 15) is 9.59 Å². The fourth-order valence-corrected chi connectivity index (χ4v) is 1.98. The van der Waals surface area contributed by atoms with Crippen LogP contribution in [0.5, 0.6) is 0 Å². The van der Waals surface area contributed by atoms with Crippen molar-refractivity contribution in [3.63, 3.8) is 0 Å². The van der Waals surface area contributed by atoms with Crippen molar-refractivity contribution >= 4 is 11.6 Å². The van der Waals surface area contributed by atoms with Crippen LogP contribution in [0, 0.1) is 11.3 Å². The number of carbonyl (C=O) groups excluding carboxylic acids is 2. The van der Waals surface area contributed by atoms with E-state index in [1.165, 1.54) is 0 Å². The van der Waals surface area contributed by atoms with Gasteiger partial charge in [-0.3, -0.25) is 9.59 Å². The molecule has 1 atom stereocenters. The number of Topliss-reactive ketones (excluding diaryl/α,β-unsaturated/α-hetero) is 2. The second kappa shape index (κ2) is 7.62. The lowest BCUT2D eigenvalue weighted by molar-refractivity contribution is -0.144. The summed E-state index contributed by atoms with van der Waals surface area (Å²) < 4.78 is 0. The lowest BCUT2D eigenvalue weighted by Gasteiger charge is -2.30. The summed E-state index contributed by atoms with van der Waals surface area (Å²) in [7, 11) is 0. The van der Waals surface area contributed by atoms with Crippen LogP contribution in [0.3, 0.4) is 0 Å². The van der Waals surface area contributed by atoms with Crippen molar-refractivity contribution in [1.82, 2.24) is 0 Å². The van der Waals surface area contributed by atoms with E-state index in [0.29, 0.717) is 6.42 Å². The third kappa shape index (κ3) is 4.61. The molecule has 2 nitrogen and oxygen atoms in total. The van der Waals surface area contributed by atoms with E-state index in [0.717, 1.165) is 32.1 Å². The summed E-state index contributed by atoms with van der Waals surface area (Å²) in [6.45, 7) is 10.1. The molecule has 0 aliphatic rings. The molecule has 0 aromatic heterocycles. The summed E-state index contributed by atoms with van der Waals surface area (Å²) in [6, 6.07) is 0. The van der Waals surface area contributed by atoms with Gasteiger partial charge in [-0.15, -0.1) is 0 Å². The normalized spacial score (nSPS) is 14.7. The quantitative estimate of drug-likeness (QED) is 0.448. The smallest absolute Gasteiger partial charge is 0.204 e. The maximum Gasteiger partial charge on any atom is 0.204 e. The molecule has 0 bridgehead atoms. The summed E-state index contributed by atoms with van der Waals surface area (Å²) >= 11 is 0. The molecule has 0 saturated carbocycles. The summed E-state index contributed by atoms with van der Waals surface area (Å²) in [6.07, 6.45) is 5.39. The molecular weight excluding hydrogens is 212 g/mol. The highest BCUT2D eigenvalue weighted by Gasteiger charge is 2.37. The minimum absolute atomic E-state index is 0.161. The standard InChI is InChI=1S/C15H28O2/c1-6-8-9-10-11-13(16)14(17)15(5,7-2)12(3)4/h12H,6-11H2,1-5H3. The summed E-state index contributed by atoms with van der Waals surface area (Å²) in [5, 5.41) is 0. The first kappa shape index (κ1) is 16.3. The fourth-order valence-electron chi connectivity index (χ4n) is 1.98. The van der Waals surface area contributed by atoms with Gasteiger partial charge in [0.25, 0.3) is 0 Å². The van der Waals surface area contributed by atoms with Crippen molar-refractivity contribution in [3.05, 3.63) is 0 Å². The summed E-state index contributed by atoms with van der Waals surface area (Å²) in [4.78, 5) is 24.0. The highest BCUT2D eigenvalue weighted by molar-refractivity contribution is 6.39. The lowest BCUT2D eigenvalue weighted by atomic mass is 9.72. The first-order chi connectivity index (χ1) is 7.90. The Bertz CT molecular complexity index is 256. The van der Waals surface area contributed by atoms with Crippen LogP contribution in [-0.2, 0) is 9.59 Å². The summed E-state index contributed by atoms with van der Waals surface area (Å²) in [5.74, 6) is -0.106. The van der Waals surface area contributed by atoms with Crippen LogP contribution < -0.4 is 0 Å². The molecule has 0 aliphatic heterocycles. The molecule has 2 heteroatoms. The van der Waals surface area contributed by atoms with Gasteiger partial charge in [0.15, 0.2) is 5.78 Å². The fraction of sp³-hybridized carbons (Fsp3) is 0.867. The van der Waals surface area contributed by atoms with Gasteiger partial charge >= 0.3 is 0 Å². The van der Waals surface area contributed by atoms with E-state index < -0.39 is 5.41 Å². The van der Waals surface area contributed by atoms with Gasteiger partial charge in [-0.1, -0.05) is 53.9 Å². The van der Waals surface area contributed by atoms with E-state index in [1.807, 2.05) is 27.7 Å². The molecule has 0 radical (unpaired) electrons. The van der Waals surface area contributed by atoms with Gasteiger partial charge < -0.3 is 0 Å². The molecule has 0 amide bonds. The van der Waals surface area contributed by atoms with Gasteiger partial charge in [0.05, 0.1) is 0 Å². The van der Waals surface area contributed by atoms with Crippen molar-refractivity contribution in [3.8, 4) is 0 Å². The monoisotopic (exact) mass is 240 g/mol. The maximum atomic E-state index is 12.2. The molecule has 0 heterocycles. The molecule has 0 aromatic rings. The zero-order chi connectivity index (χ0) is 13.5. The van der Waals surface area contributed by atoms with E-state index >= 15 is 0 Å². The Morgan fingerprint density at radius 1 is 1.06 bits per heavy atom. The van der Waals surface area contributed by atoms with Gasteiger partial charge in [-0.2, -0.15) is 0 Å². The Balaban J connectivity index is 4.33. The van der Waals surface area contributed by atoms with Crippen LogP contribution in [-0.4, -0.2) is 11.6 Å². The average Bonchev–Trinajstić information content (AvgIpc) is 2.32. The molecule has 0 rings (SSSR count). The lowest BCUT2D eigenvalue weighted by Crippen LogP contribution is -2.37. The Morgan fingerprint density at radius 3 is 2.06 bits per heavy atom. The number of rotatable bonds is 9. The average molecular weight is 240 g/mol. The van der Waals surface area contributed by atoms with Gasteiger partial charge in [0, 0.05) is 11.8 Å². The van der Waals surface area contributed by atoms with E-state index in [1.54, 1.807) is 0 Å². The Morgan fingerprint density at radius 2 is 1.65 bits per heavy atom. The largest absolute Gasteiger partial charge is 0.291 e. The van der Waals surface area contributed by atoms with Crippen LogP contribution in [0.25, 0.3) is 0 Å². The molecule has 1 unspecified atom stereocenters. The maximum absolute atomic E-state index is 12.2. The second-order valence-corrected chi connectivity index (χ2v) is 5.49.